The minimum Gasteiger partial charge on any atom is -0.393 e. The molecule has 1 aliphatic rings. The van der Waals surface area contributed by atoms with Gasteiger partial charge in [0.15, 0.2) is 0 Å². The van der Waals surface area contributed by atoms with E-state index in [1.165, 1.54) is 6.42 Å². The first-order valence-corrected chi connectivity index (χ1v) is 4.68. The predicted octanol–water partition coefficient (Wildman–Crippen LogP) is 0.524. The zero-order chi connectivity index (χ0) is 8.97. The molecule has 0 spiro atoms. The first-order valence-electron chi connectivity index (χ1n) is 4.68. The number of rotatable bonds is 3. The van der Waals surface area contributed by atoms with Crippen molar-refractivity contribution in [3.8, 4) is 0 Å². The number of nitrogens with one attached hydrogen (secondary N) is 1. The summed E-state index contributed by atoms with van der Waals surface area (Å²) in [5, 5.41) is 12.6. The number of methoxy groups -OCH3 is 1. The van der Waals surface area contributed by atoms with Gasteiger partial charge >= 0.3 is 0 Å². The van der Waals surface area contributed by atoms with E-state index >= 15 is 0 Å². The Balaban J connectivity index is 2.36. The second kappa shape index (κ2) is 4.80. The van der Waals surface area contributed by atoms with Gasteiger partial charge < -0.3 is 15.2 Å². The van der Waals surface area contributed by atoms with Crippen LogP contribution in [0.3, 0.4) is 0 Å². The second-order valence-electron chi connectivity index (χ2n) is 3.56. The zero-order valence-electron chi connectivity index (χ0n) is 7.92. The van der Waals surface area contributed by atoms with E-state index in [9.17, 15) is 5.11 Å². The Bertz CT molecular complexity index is 128. The molecule has 3 heteroatoms. The van der Waals surface area contributed by atoms with Gasteiger partial charge in [-0.3, -0.25) is 0 Å². The lowest BCUT2D eigenvalue weighted by molar-refractivity contribution is 0.0270. The molecule has 72 valence electrons. The Morgan fingerprint density at radius 2 is 2.42 bits per heavy atom. The summed E-state index contributed by atoms with van der Waals surface area (Å²) < 4.78 is 5.33. The van der Waals surface area contributed by atoms with Crippen molar-refractivity contribution in [2.75, 3.05) is 13.7 Å². The molecule has 3 nitrogen and oxygen atoms in total. The van der Waals surface area contributed by atoms with Crippen LogP contribution >= 0.6 is 0 Å². The van der Waals surface area contributed by atoms with Gasteiger partial charge in [-0.15, -0.1) is 0 Å². The highest BCUT2D eigenvalue weighted by atomic mass is 16.5. The molecule has 3 unspecified atom stereocenters. The van der Waals surface area contributed by atoms with Crippen molar-refractivity contribution >= 4 is 0 Å². The maximum atomic E-state index is 9.22. The fourth-order valence-electron chi connectivity index (χ4n) is 1.81. The third-order valence-electron chi connectivity index (χ3n) is 2.42. The largest absolute Gasteiger partial charge is 0.393 e. The van der Waals surface area contributed by atoms with Crippen LogP contribution in [-0.4, -0.2) is 37.0 Å². The Morgan fingerprint density at radius 3 is 3.00 bits per heavy atom. The van der Waals surface area contributed by atoms with Crippen LogP contribution in [0.25, 0.3) is 0 Å². The fourth-order valence-corrected chi connectivity index (χ4v) is 1.81. The quantitative estimate of drug-likeness (QED) is 0.654. The predicted molar refractivity (Wildman–Crippen MR) is 48.1 cm³/mol. The van der Waals surface area contributed by atoms with Crippen LogP contribution in [0.5, 0.6) is 0 Å². The molecule has 3 atom stereocenters. The molecule has 0 amide bonds. The summed E-state index contributed by atoms with van der Waals surface area (Å²) in [5.41, 5.74) is 0. The van der Waals surface area contributed by atoms with Crippen LogP contribution in [0.4, 0.5) is 0 Å². The molecule has 12 heavy (non-hydrogen) atoms. The molecule has 0 aromatic rings. The standard InChI is InChI=1S/C9H19NO2/c1-7(11)6-8-9(12-2)4-3-5-10-8/h7-11H,3-6H2,1-2H3. The number of aliphatic hydroxyl groups excluding tert-OH is 1. The maximum absolute atomic E-state index is 9.22. The highest BCUT2D eigenvalue weighted by Crippen LogP contribution is 2.15. The van der Waals surface area contributed by atoms with Crippen LogP contribution in [0, 0.1) is 0 Å². The first kappa shape index (κ1) is 9.96. The fraction of sp³-hybridized carbons (Fsp3) is 1.00. The monoisotopic (exact) mass is 173 g/mol. The van der Waals surface area contributed by atoms with Gasteiger partial charge in [-0.1, -0.05) is 0 Å². The Labute approximate surface area is 74.1 Å². The smallest absolute Gasteiger partial charge is 0.0725 e. The maximum Gasteiger partial charge on any atom is 0.0725 e. The second-order valence-corrected chi connectivity index (χ2v) is 3.56. The molecular formula is C9H19NO2. The molecule has 1 fully saturated rings. The summed E-state index contributed by atoms with van der Waals surface area (Å²) in [6.07, 6.45) is 3.13. The molecule has 0 aliphatic carbocycles. The molecule has 1 saturated heterocycles. The summed E-state index contributed by atoms with van der Waals surface area (Å²) in [7, 11) is 1.74. The first-order chi connectivity index (χ1) is 5.74. The molecule has 1 aliphatic heterocycles. The Morgan fingerprint density at radius 1 is 1.67 bits per heavy atom. The number of ether oxygens (including phenoxy) is 1. The van der Waals surface area contributed by atoms with E-state index in [1.807, 2.05) is 6.92 Å². The van der Waals surface area contributed by atoms with E-state index in [2.05, 4.69) is 5.32 Å². The average molecular weight is 173 g/mol. The summed E-state index contributed by atoms with van der Waals surface area (Å²) in [6, 6.07) is 0.337. The van der Waals surface area contributed by atoms with Crippen LogP contribution in [0.2, 0.25) is 0 Å². The van der Waals surface area contributed by atoms with Gasteiger partial charge in [-0.2, -0.15) is 0 Å². The van der Waals surface area contributed by atoms with Crippen molar-refractivity contribution < 1.29 is 9.84 Å². The van der Waals surface area contributed by atoms with Crippen molar-refractivity contribution in [1.82, 2.24) is 5.32 Å². The van der Waals surface area contributed by atoms with E-state index in [4.69, 9.17) is 4.74 Å². The normalized spacial score (nSPS) is 33.2. The number of hydrogen-bond acceptors (Lipinski definition) is 3. The summed E-state index contributed by atoms with van der Waals surface area (Å²) in [6.45, 7) is 2.88. The molecule has 2 N–H and O–H groups in total. The molecule has 0 aromatic heterocycles. The molecule has 0 saturated carbocycles. The molecule has 1 rings (SSSR count). The lowest BCUT2D eigenvalue weighted by atomic mass is 9.96. The molecule has 0 radical (unpaired) electrons. The van der Waals surface area contributed by atoms with Gasteiger partial charge in [0.1, 0.15) is 0 Å². The highest BCUT2D eigenvalue weighted by molar-refractivity contribution is 4.82. The van der Waals surface area contributed by atoms with Crippen LogP contribution in [-0.2, 0) is 4.74 Å². The molecule has 0 aromatic carbocycles. The van der Waals surface area contributed by atoms with Crippen molar-refractivity contribution in [1.29, 1.82) is 0 Å². The Hall–Kier alpha value is -0.120. The molecule has 0 bridgehead atoms. The van der Waals surface area contributed by atoms with Gasteiger partial charge in [0.2, 0.25) is 0 Å². The average Bonchev–Trinajstić information content (AvgIpc) is 2.04. The van der Waals surface area contributed by atoms with Gasteiger partial charge in [0.25, 0.3) is 0 Å². The SMILES string of the molecule is COC1CCCNC1CC(C)O. The third kappa shape index (κ3) is 2.73. The van der Waals surface area contributed by atoms with Gasteiger partial charge in [-0.25, -0.2) is 0 Å². The minimum absolute atomic E-state index is 0.238. The van der Waals surface area contributed by atoms with Gasteiger partial charge in [0, 0.05) is 13.2 Å². The van der Waals surface area contributed by atoms with E-state index in [0.717, 1.165) is 19.4 Å². The minimum atomic E-state index is -0.238. The number of aliphatic hydroxyl groups is 1. The summed E-state index contributed by atoms with van der Waals surface area (Å²) in [5.74, 6) is 0. The lowest BCUT2D eigenvalue weighted by Crippen LogP contribution is -2.47. The van der Waals surface area contributed by atoms with E-state index < -0.39 is 0 Å². The topological polar surface area (TPSA) is 41.5 Å². The van der Waals surface area contributed by atoms with Crippen molar-refractivity contribution in [3.05, 3.63) is 0 Å². The lowest BCUT2D eigenvalue weighted by Gasteiger charge is -2.32. The number of piperidine rings is 1. The van der Waals surface area contributed by atoms with E-state index in [1.54, 1.807) is 7.11 Å². The third-order valence-corrected chi connectivity index (χ3v) is 2.42. The van der Waals surface area contributed by atoms with Gasteiger partial charge in [0.05, 0.1) is 12.2 Å². The zero-order valence-corrected chi connectivity index (χ0v) is 7.92. The van der Waals surface area contributed by atoms with Crippen LogP contribution in [0.15, 0.2) is 0 Å². The van der Waals surface area contributed by atoms with Gasteiger partial charge in [-0.05, 0) is 32.7 Å². The highest BCUT2D eigenvalue weighted by Gasteiger charge is 2.25. The number of hydrogen-bond donors (Lipinski definition) is 2. The van der Waals surface area contributed by atoms with Crippen LogP contribution < -0.4 is 5.32 Å². The van der Waals surface area contributed by atoms with Crippen molar-refractivity contribution in [2.45, 2.75) is 44.4 Å². The molecular weight excluding hydrogens is 154 g/mol. The van der Waals surface area contributed by atoms with Crippen molar-refractivity contribution in [2.24, 2.45) is 0 Å². The Kier molecular flexibility index (Phi) is 3.98. The molecule has 1 heterocycles. The summed E-state index contributed by atoms with van der Waals surface area (Å²) >= 11 is 0. The van der Waals surface area contributed by atoms with E-state index in [0.29, 0.717) is 6.04 Å². The van der Waals surface area contributed by atoms with Crippen molar-refractivity contribution in [3.63, 3.8) is 0 Å². The van der Waals surface area contributed by atoms with Crippen LogP contribution in [0.1, 0.15) is 26.2 Å². The summed E-state index contributed by atoms with van der Waals surface area (Å²) in [4.78, 5) is 0. The van der Waals surface area contributed by atoms with E-state index in [-0.39, 0.29) is 12.2 Å².